The van der Waals surface area contributed by atoms with Gasteiger partial charge in [0.2, 0.25) is 0 Å². The minimum absolute atomic E-state index is 0. The van der Waals surface area contributed by atoms with Crippen LogP contribution in [0.1, 0.15) is 19.8 Å². The number of allylic oxidation sites excluding steroid dienone is 4. The van der Waals surface area contributed by atoms with Gasteiger partial charge < -0.3 is 37.2 Å². The molecular formula is C61H47Cl3SiTi. The molecule has 0 spiro atoms. The van der Waals surface area contributed by atoms with Crippen LogP contribution in [0.5, 0.6) is 0 Å². The van der Waals surface area contributed by atoms with Crippen molar-refractivity contribution in [3.63, 3.8) is 0 Å². The van der Waals surface area contributed by atoms with Gasteiger partial charge in [-0.3, -0.25) is 0 Å². The zero-order valence-electron chi connectivity index (χ0n) is 36.6. The van der Waals surface area contributed by atoms with Crippen LogP contribution < -0.4 is 52.8 Å². The molecule has 0 nitrogen and oxygen atoms in total. The third-order valence-corrected chi connectivity index (χ3v) is 18.3. The Morgan fingerprint density at radius 3 is 0.773 bits per heavy atom. The molecule has 0 saturated heterocycles. The van der Waals surface area contributed by atoms with E-state index in [4.69, 9.17) is 0 Å². The van der Waals surface area contributed by atoms with Gasteiger partial charge in [0.1, 0.15) is 0 Å². The minimum atomic E-state index is -3.30. The molecule has 0 unspecified atom stereocenters. The van der Waals surface area contributed by atoms with Crippen LogP contribution in [0, 0.1) is 0 Å². The minimum Gasteiger partial charge on any atom is -1.00 e. The monoisotopic (exact) mass is 960 g/mol. The standard InChI is InChI=1S/C61H47Si.3ClH.Ti/c1-2-45-34-21-35-61(45)62(58-39-52(46-22-9-3-10-23-46)36-53(40-58)47-24-11-4-12-25-47,59-41-54(48-26-13-5-14-27-48)37-55(42-59)49-28-15-6-16-29-49)60-43-56(50-30-17-7-18-31-50)38-57(44-60)51-32-19-8-20-33-51;;;;/h3-20,22-33,35-44H,2,21H2,1H3;3*1H;/q;;;;+3/p-3. The molecule has 0 N–H and O–H groups in total. The average Bonchev–Trinajstić information content (AvgIpc) is 3.75. The normalized spacial score (nSPS) is 12.1. The van der Waals surface area contributed by atoms with Crippen LogP contribution in [0.15, 0.2) is 257 Å². The zero-order chi connectivity index (χ0) is 42.6. The van der Waals surface area contributed by atoms with Gasteiger partial charge in [0.15, 0.2) is 0 Å². The van der Waals surface area contributed by atoms with Crippen molar-refractivity contribution >= 4 is 23.6 Å². The van der Waals surface area contributed by atoms with E-state index >= 15 is 0 Å². The number of halogens is 3. The molecule has 0 bridgehead atoms. The maximum atomic E-state index is 2.62. The van der Waals surface area contributed by atoms with Gasteiger partial charge in [0, 0.05) is 0 Å². The van der Waals surface area contributed by atoms with E-state index in [-0.39, 0.29) is 37.2 Å². The molecule has 0 aromatic heterocycles. The van der Waals surface area contributed by atoms with Crippen LogP contribution in [0.2, 0.25) is 0 Å². The maximum Gasteiger partial charge on any atom is -1.00 e. The summed E-state index contributed by atoms with van der Waals surface area (Å²) in [5, 5.41) is 5.63. The smallest absolute Gasteiger partial charge is 1.00 e. The molecular weight excluding hydrogens is 915 g/mol. The van der Waals surface area contributed by atoms with Crippen molar-refractivity contribution in [2.75, 3.05) is 0 Å². The van der Waals surface area contributed by atoms with Crippen LogP contribution in [0.4, 0.5) is 0 Å². The Morgan fingerprint density at radius 1 is 0.333 bits per heavy atom. The van der Waals surface area contributed by atoms with Crippen molar-refractivity contribution in [1.29, 1.82) is 0 Å². The molecule has 9 aromatic carbocycles. The molecule has 0 saturated carbocycles. The Labute approximate surface area is 421 Å². The molecule has 1 aliphatic carbocycles. The number of benzene rings is 9. The van der Waals surface area contributed by atoms with Crippen LogP contribution in [0.3, 0.4) is 0 Å². The molecule has 10 rings (SSSR count). The van der Waals surface area contributed by atoms with Crippen LogP contribution >= 0.6 is 0 Å². The van der Waals surface area contributed by atoms with Gasteiger partial charge in [-0.15, -0.1) is 0 Å². The summed E-state index contributed by atoms with van der Waals surface area (Å²) in [4.78, 5) is 0. The quantitative estimate of drug-likeness (QED) is 0.123. The van der Waals surface area contributed by atoms with Crippen molar-refractivity contribution in [3.8, 4) is 66.8 Å². The van der Waals surface area contributed by atoms with Gasteiger partial charge in [-0.05, 0) is 0 Å². The third-order valence-electron chi connectivity index (χ3n) is 12.7. The first-order valence-electron chi connectivity index (χ1n) is 22.0. The summed E-state index contributed by atoms with van der Waals surface area (Å²) in [5.74, 6) is 0. The molecule has 1 aliphatic rings. The zero-order valence-corrected chi connectivity index (χ0v) is 41.5. The van der Waals surface area contributed by atoms with Gasteiger partial charge >= 0.3 is 388 Å². The van der Waals surface area contributed by atoms with Crippen molar-refractivity contribution in [1.82, 2.24) is 0 Å². The van der Waals surface area contributed by atoms with Crippen LogP contribution in [0.25, 0.3) is 66.8 Å². The summed E-state index contributed by atoms with van der Waals surface area (Å²) >= 11 is 2.36. The summed E-state index contributed by atoms with van der Waals surface area (Å²) in [6, 6.07) is 88.5. The Bertz CT molecular complexity index is 2620. The number of hydrogen-bond donors (Lipinski definition) is 0. The molecule has 66 heavy (non-hydrogen) atoms. The Kier molecular flexibility index (Phi) is 15.9. The fraction of sp³-hybridized carbons (Fsp3) is 0.0492. The van der Waals surface area contributed by atoms with Crippen molar-refractivity contribution in [2.45, 2.75) is 19.8 Å². The van der Waals surface area contributed by atoms with Gasteiger partial charge in [-0.1, -0.05) is 0 Å². The predicted octanol–water partition coefficient (Wildman–Crippen LogP) is 5.25. The predicted molar refractivity (Wildman–Crippen MR) is 267 cm³/mol. The first kappa shape index (κ1) is 48.2. The first-order chi connectivity index (χ1) is 31.1. The Hall–Kier alpha value is -5.74. The molecule has 5 heteroatoms. The molecule has 0 amide bonds. The molecule has 9 aromatic rings. The number of hydrogen-bond acceptors (Lipinski definition) is 0. The molecule has 0 aliphatic heterocycles. The van der Waals surface area contributed by atoms with E-state index < -0.39 is 8.07 Å². The van der Waals surface area contributed by atoms with E-state index in [0.29, 0.717) is 0 Å². The van der Waals surface area contributed by atoms with Gasteiger partial charge in [-0.25, -0.2) is 0 Å². The van der Waals surface area contributed by atoms with E-state index in [9.17, 15) is 0 Å². The van der Waals surface area contributed by atoms with Crippen LogP contribution in [-0.4, -0.2) is 8.07 Å². The second-order valence-corrected chi connectivity index (χ2v) is 21.2. The molecule has 0 fully saturated rings. The van der Waals surface area contributed by atoms with Crippen LogP contribution in [-0.2, 0) is 20.4 Å². The number of rotatable bonds is 11. The Balaban J connectivity index is 0.00000216. The molecule has 0 radical (unpaired) electrons. The first-order valence-corrected chi connectivity index (χ1v) is 24.8. The van der Waals surface area contributed by atoms with E-state index in [1.54, 1.807) is 0 Å². The fourth-order valence-electron chi connectivity index (χ4n) is 9.68. The summed E-state index contributed by atoms with van der Waals surface area (Å²) in [5.41, 5.74) is 16.2. The fourth-order valence-corrected chi connectivity index (χ4v) is 15.9. The summed E-state index contributed by atoms with van der Waals surface area (Å²) in [7, 11) is -3.30. The summed E-state index contributed by atoms with van der Waals surface area (Å²) < 4.78 is 1.47. The summed E-state index contributed by atoms with van der Waals surface area (Å²) in [6.45, 7) is 2.36. The maximum absolute atomic E-state index is 3.30. The van der Waals surface area contributed by atoms with E-state index in [1.165, 1.54) is 97.0 Å². The third kappa shape index (κ3) is 9.57. The second-order valence-electron chi connectivity index (χ2n) is 16.5. The van der Waals surface area contributed by atoms with Crippen molar-refractivity contribution < 1.29 is 57.7 Å². The van der Waals surface area contributed by atoms with E-state index in [1.807, 2.05) is 0 Å². The summed E-state index contributed by atoms with van der Waals surface area (Å²) in [6.07, 6.45) is 4.53. The SMILES string of the molecule is CCC1=[C]([Ti+3])CC=C1[Si](c1cc(-c2ccccc2)cc(-c2ccccc2)c1)(c1cc(-c2ccccc2)cc(-c2ccccc2)c1)c1cc(-c2ccccc2)cc(-c2ccccc2)c1.[Cl-].[Cl-].[Cl-]. The van der Waals surface area contributed by atoms with E-state index in [2.05, 4.69) is 270 Å². The average molecular weight is 962 g/mol. The van der Waals surface area contributed by atoms with Crippen molar-refractivity contribution in [3.05, 3.63) is 257 Å². The van der Waals surface area contributed by atoms with E-state index in [0.717, 1.165) is 12.8 Å². The van der Waals surface area contributed by atoms with Crippen molar-refractivity contribution in [2.24, 2.45) is 0 Å². The largest absolute Gasteiger partial charge is 1.00 e. The molecule has 320 valence electrons. The van der Waals surface area contributed by atoms with Gasteiger partial charge in [0.05, 0.1) is 0 Å². The second kappa shape index (κ2) is 21.7. The van der Waals surface area contributed by atoms with Gasteiger partial charge in [-0.2, -0.15) is 0 Å². The molecule has 0 heterocycles. The van der Waals surface area contributed by atoms with Gasteiger partial charge in [0.25, 0.3) is 0 Å². The Morgan fingerprint density at radius 2 is 0.561 bits per heavy atom. The molecule has 0 atom stereocenters. The topological polar surface area (TPSA) is 0 Å².